The fourth-order valence-electron chi connectivity index (χ4n) is 1.39. The van der Waals surface area contributed by atoms with Crippen molar-refractivity contribution in [2.75, 3.05) is 5.88 Å². The number of aliphatic hydroxyl groups excluding tert-OH is 1. The van der Waals surface area contributed by atoms with Crippen LogP contribution in [0.15, 0.2) is 10.0 Å². The van der Waals surface area contributed by atoms with Gasteiger partial charge in [-0.15, -0.1) is 11.6 Å². The molecule has 2 nitrogen and oxygen atoms in total. The van der Waals surface area contributed by atoms with Crippen molar-refractivity contribution in [1.29, 1.82) is 0 Å². The molecular weight excluding hydrogens is 383 g/mol. The molecule has 1 rings (SSSR count). The Morgan fingerprint density at radius 3 is 2.75 bits per heavy atom. The van der Waals surface area contributed by atoms with Crippen LogP contribution in [-0.2, 0) is 4.74 Å². The normalized spacial score (nSPS) is 35.7. The molecule has 0 saturated carbocycles. The zero-order chi connectivity index (χ0) is 12.6. The molecule has 1 fully saturated rings. The van der Waals surface area contributed by atoms with E-state index in [4.69, 9.17) is 27.9 Å². The van der Waals surface area contributed by atoms with Gasteiger partial charge < -0.3 is 9.84 Å². The average Bonchev–Trinajstić information content (AvgIpc) is 2.89. The van der Waals surface area contributed by atoms with E-state index in [1.54, 1.807) is 4.99 Å². The first-order valence-electron chi connectivity index (χ1n) is 4.85. The van der Waals surface area contributed by atoms with Crippen LogP contribution in [0.25, 0.3) is 0 Å². The predicted molar refractivity (Wildman–Crippen MR) is 74.8 cm³/mol. The molecule has 0 bridgehead atoms. The first kappa shape index (κ1) is 15.3. The van der Waals surface area contributed by atoms with E-state index in [-0.39, 0.29) is 6.10 Å². The Morgan fingerprint density at radius 1 is 1.75 bits per heavy atom. The molecular formula is C10H14Br2Cl2O2. The second-order valence-corrected chi connectivity index (χ2v) is 7.28. The van der Waals surface area contributed by atoms with Crippen LogP contribution in [0.2, 0.25) is 0 Å². The summed E-state index contributed by atoms with van der Waals surface area (Å²) in [4.78, 5) is 1.63. The van der Waals surface area contributed by atoms with Crippen LogP contribution in [0.3, 0.4) is 0 Å². The van der Waals surface area contributed by atoms with Crippen molar-refractivity contribution >= 4 is 55.1 Å². The fourth-order valence-corrected chi connectivity index (χ4v) is 2.38. The molecule has 1 aliphatic rings. The Bertz CT molecular complexity index is 297. The van der Waals surface area contributed by atoms with Crippen molar-refractivity contribution in [3.05, 3.63) is 10.0 Å². The summed E-state index contributed by atoms with van der Waals surface area (Å²) in [6.07, 6.45) is -0.136. The zero-order valence-corrected chi connectivity index (χ0v) is 13.7. The molecule has 0 aromatic carbocycles. The van der Waals surface area contributed by atoms with E-state index in [2.05, 4.69) is 31.9 Å². The molecule has 94 valence electrons. The summed E-state index contributed by atoms with van der Waals surface area (Å²) in [6.45, 7) is 3.75. The van der Waals surface area contributed by atoms with Crippen molar-refractivity contribution in [3.63, 3.8) is 0 Å². The highest BCUT2D eigenvalue weighted by Crippen LogP contribution is 2.48. The van der Waals surface area contributed by atoms with Gasteiger partial charge in [-0.2, -0.15) is 0 Å². The number of aliphatic hydroxyl groups is 1. The molecule has 0 radical (unpaired) electrons. The van der Waals surface area contributed by atoms with Crippen molar-refractivity contribution in [3.8, 4) is 0 Å². The molecule has 0 spiro atoms. The summed E-state index contributed by atoms with van der Waals surface area (Å²) in [5.74, 6) is 0.333. The highest BCUT2D eigenvalue weighted by Gasteiger charge is 2.56. The van der Waals surface area contributed by atoms with Crippen molar-refractivity contribution in [2.45, 2.75) is 42.4 Å². The molecule has 0 aliphatic carbocycles. The number of epoxide rings is 1. The highest BCUT2D eigenvalue weighted by atomic mass is 79.9. The number of rotatable bonds is 5. The quantitative estimate of drug-likeness (QED) is 0.567. The first-order chi connectivity index (χ1) is 7.28. The number of hydrogen-bond acceptors (Lipinski definition) is 2. The van der Waals surface area contributed by atoms with Crippen molar-refractivity contribution in [1.82, 2.24) is 0 Å². The summed E-state index contributed by atoms with van der Waals surface area (Å²) >= 11 is 18.3. The lowest BCUT2D eigenvalue weighted by Crippen LogP contribution is -2.36. The van der Waals surface area contributed by atoms with E-state index in [0.29, 0.717) is 17.3 Å². The maximum atomic E-state index is 9.99. The van der Waals surface area contributed by atoms with Crippen LogP contribution in [0.5, 0.6) is 0 Å². The highest BCUT2D eigenvalue weighted by molar-refractivity contribution is 9.11. The molecule has 0 aromatic heterocycles. The number of alkyl halides is 2. The summed E-state index contributed by atoms with van der Waals surface area (Å²) in [5, 5.41) is 10.6. The largest absolute Gasteiger partial charge is 0.392 e. The Kier molecular flexibility index (Phi) is 5.20. The molecule has 0 aromatic rings. The lowest BCUT2D eigenvalue weighted by atomic mass is 9.97. The second-order valence-electron chi connectivity index (χ2n) is 4.33. The lowest BCUT2D eigenvalue weighted by molar-refractivity contribution is 0.126. The number of halogens is 4. The lowest BCUT2D eigenvalue weighted by Gasteiger charge is -2.25. The van der Waals surface area contributed by atoms with E-state index in [1.165, 1.54) is 0 Å². The van der Waals surface area contributed by atoms with Crippen LogP contribution in [-0.4, -0.2) is 33.1 Å². The molecule has 1 N–H and O–H groups in total. The van der Waals surface area contributed by atoms with Gasteiger partial charge in [0, 0.05) is 12.3 Å². The Labute approximate surface area is 123 Å². The average molecular weight is 397 g/mol. The van der Waals surface area contributed by atoms with Gasteiger partial charge in [0.1, 0.15) is 5.60 Å². The zero-order valence-electron chi connectivity index (χ0n) is 9.01. The predicted octanol–water partition coefficient (Wildman–Crippen LogP) is 3.76. The standard InChI is InChI=1S/C10H14Br2Cl2O2/c1-9(12,5-13)7(15)3-8-10(2,16-8)6(14)4-11/h4,7-8,15H,3,5H2,1-2H3. The topological polar surface area (TPSA) is 32.8 Å². The van der Waals surface area contributed by atoms with Gasteiger partial charge in [0.2, 0.25) is 0 Å². The van der Waals surface area contributed by atoms with Crippen LogP contribution >= 0.6 is 55.1 Å². The molecule has 16 heavy (non-hydrogen) atoms. The molecule has 1 heterocycles. The molecule has 0 amide bonds. The maximum absolute atomic E-state index is 9.99. The van der Waals surface area contributed by atoms with E-state index in [1.807, 2.05) is 13.8 Å². The van der Waals surface area contributed by atoms with Gasteiger partial charge in [-0.25, -0.2) is 0 Å². The van der Waals surface area contributed by atoms with E-state index < -0.39 is 16.0 Å². The van der Waals surface area contributed by atoms with Gasteiger partial charge in [-0.05, 0) is 18.8 Å². The van der Waals surface area contributed by atoms with Gasteiger partial charge in [0.25, 0.3) is 0 Å². The van der Waals surface area contributed by atoms with Crippen LogP contribution in [0.1, 0.15) is 20.3 Å². The Hall–Kier alpha value is 1.20. The number of hydrogen-bond donors (Lipinski definition) is 1. The van der Waals surface area contributed by atoms with Crippen molar-refractivity contribution in [2.24, 2.45) is 0 Å². The molecule has 4 atom stereocenters. The van der Waals surface area contributed by atoms with Crippen LogP contribution in [0, 0.1) is 0 Å². The van der Waals surface area contributed by atoms with E-state index >= 15 is 0 Å². The van der Waals surface area contributed by atoms with Gasteiger partial charge in [-0.3, -0.25) is 0 Å². The smallest absolute Gasteiger partial charge is 0.128 e. The SMILES string of the molecule is CC(Br)(CCl)C(O)CC1OC1(C)C(Cl)=CBr. The monoisotopic (exact) mass is 394 g/mol. The minimum atomic E-state index is -0.573. The Balaban J connectivity index is 2.54. The second kappa shape index (κ2) is 5.45. The number of ether oxygens (including phenoxy) is 1. The summed E-state index contributed by atoms with van der Waals surface area (Å²) in [5.41, 5.74) is -0.471. The minimum Gasteiger partial charge on any atom is -0.392 e. The van der Waals surface area contributed by atoms with Gasteiger partial charge >= 0.3 is 0 Å². The molecule has 1 saturated heterocycles. The van der Waals surface area contributed by atoms with E-state index in [9.17, 15) is 5.11 Å². The van der Waals surface area contributed by atoms with Gasteiger partial charge in [0.15, 0.2) is 0 Å². The Morgan fingerprint density at radius 2 is 2.31 bits per heavy atom. The summed E-state index contributed by atoms with van der Waals surface area (Å²) < 4.78 is 5.02. The van der Waals surface area contributed by atoms with Gasteiger partial charge in [0.05, 0.1) is 21.6 Å². The first-order valence-corrected chi connectivity index (χ1v) is 7.47. The van der Waals surface area contributed by atoms with Crippen LogP contribution in [0.4, 0.5) is 0 Å². The summed E-state index contributed by atoms with van der Waals surface area (Å²) in [6, 6.07) is 0. The third-order valence-electron chi connectivity index (χ3n) is 2.91. The third kappa shape index (κ3) is 3.15. The van der Waals surface area contributed by atoms with Crippen molar-refractivity contribution < 1.29 is 9.84 Å². The minimum absolute atomic E-state index is 0.0658. The third-order valence-corrected chi connectivity index (χ3v) is 5.80. The van der Waals surface area contributed by atoms with E-state index in [0.717, 1.165) is 0 Å². The van der Waals surface area contributed by atoms with Crippen LogP contribution < -0.4 is 0 Å². The molecule has 4 unspecified atom stereocenters. The maximum Gasteiger partial charge on any atom is 0.128 e. The molecule has 6 heteroatoms. The molecule has 1 aliphatic heterocycles. The summed E-state index contributed by atoms with van der Waals surface area (Å²) in [7, 11) is 0. The fraction of sp³-hybridized carbons (Fsp3) is 0.800. The van der Waals surface area contributed by atoms with Gasteiger partial charge in [-0.1, -0.05) is 43.5 Å².